The van der Waals surface area contributed by atoms with Gasteiger partial charge < -0.3 is 9.73 Å². The second-order valence-electron chi connectivity index (χ2n) is 3.83. The summed E-state index contributed by atoms with van der Waals surface area (Å²) in [5.41, 5.74) is 1.08. The van der Waals surface area contributed by atoms with Crippen molar-refractivity contribution in [3.05, 3.63) is 39.9 Å². The van der Waals surface area contributed by atoms with Crippen LogP contribution in [0, 0.1) is 3.57 Å². The van der Waals surface area contributed by atoms with Crippen LogP contribution in [0.4, 0.5) is 0 Å². The molecule has 0 radical (unpaired) electrons. The largest absolute Gasteiger partial charge is 0.441 e. The van der Waals surface area contributed by atoms with Crippen LogP contribution in [0.1, 0.15) is 12.3 Å². The third kappa shape index (κ3) is 3.54. The third-order valence-corrected chi connectivity index (χ3v) is 3.22. The third-order valence-electron chi connectivity index (χ3n) is 2.50. The molecular formula is C13H15IN2O. The van der Waals surface area contributed by atoms with Gasteiger partial charge in [0.15, 0.2) is 11.7 Å². The van der Waals surface area contributed by atoms with E-state index in [2.05, 4.69) is 57.2 Å². The van der Waals surface area contributed by atoms with Gasteiger partial charge in [-0.1, -0.05) is 12.1 Å². The zero-order valence-electron chi connectivity index (χ0n) is 9.74. The fourth-order valence-electron chi connectivity index (χ4n) is 1.59. The Morgan fingerprint density at radius 3 is 2.76 bits per heavy atom. The zero-order chi connectivity index (χ0) is 12.1. The first-order valence-electron chi connectivity index (χ1n) is 5.65. The fraction of sp³-hybridized carbons (Fsp3) is 0.308. The van der Waals surface area contributed by atoms with Crippen LogP contribution in [-0.4, -0.2) is 18.6 Å². The molecule has 0 amide bonds. The lowest BCUT2D eigenvalue weighted by molar-refractivity contribution is 0.495. The number of nitrogens with zero attached hydrogens (tertiary/aromatic N) is 1. The minimum Gasteiger partial charge on any atom is -0.441 e. The fourth-order valence-corrected chi connectivity index (χ4v) is 1.95. The summed E-state index contributed by atoms with van der Waals surface area (Å²) < 4.78 is 6.94. The predicted molar refractivity (Wildman–Crippen MR) is 76.9 cm³/mol. The van der Waals surface area contributed by atoms with Crippen molar-refractivity contribution in [3.63, 3.8) is 0 Å². The number of aryl methyl sites for hydroxylation is 1. The van der Waals surface area contributed by atoms with Crippen molar-refractivity contribution in [1.82, 2.24) is 10.3 Å². The number of aromatic nitrogens is 1. The molecule has 3 nitrogen and oxygen atoms in total. The summed E-state index contributed by atoms with van der Waals surface area (Å²) in [7, 11) is 1.95. The van der Waals surface area contributed by atoms with E-state index in [1.54, 1.807) is 6.20 Å². The lowest BCUT2D eigenvalue weighted by Crippen LogP contribution is -2.08. The SMILES string of the molecule is CNCCCc1ncc(-c2ccc(I)cc2)o1. The molecular weight excluding hydrogens is 327 g/mol. The number of halogens is 1. The van der Waals surface area contributed by atoms with Gasteiger partial charge in [0.05, 0.1) is 6.20 Å². The number of oxazole rings is 1. The molecule has 0 aliphatic carbocycles. The highest BCUT2D eigenvalue weighted by molar-refractivity contribution is 14.1. The summed E-state index contributed by atoms with van der Waals surface area (Å²) in [6, 6.07) is 8.25. The molecule has 4 heteroatoms. The van der Waals surface area contributed by atoms with Gasteiger partial charge in [-0.2, -0.15) is 0 Å². The molecule has 0 unspecified atom stereocenters. The van der Waals surface area contributed by atoms with E-state index >= 15 is 0 Å². The van der Waals surface area contributed by atoms with Crippen molar-refractivity contribution in [2.45, 2.75) is 12.8 Å². The molecule has 90 valence electrons. The van der Waals surface area contributed by atoms with Gasteiger partial charge in [0.1, 0.15) is 0 Å². The van der Waals surface area contributed by atoms with Gasteiger partial charge in [0.2, 0.25) is 0 Å². The van der Waals surface area contributed by atoms with Crippen molar-refractivity contribution in [3.8, 4) is 11.3 Å². The molecule has 2 aromatic rings. The molecule has 0 saturated carbocycles. The van der Waals surface area contributed by atoms with Gasteiger partial charge in [-0.05, 0) is 54.7 Å². The van der Waals surface area contributed by atoms with Crippen molar-refractivity contribution in [1.29, 1.82) is 0 Å². The predicted octanol–water partition coefficient (Wildman–Crippen LogP) is 3.10. The molecule has 0 atom stereocenters. The maximum Gasteiger partial charge on any atom is 0.194 e. The molecule has 1 heterocycles. The van der Waals surface area contributed by atoms with Crippen molar-refractivity contribution in [2.75, 3.05) is 13.6 Å². The summed E-state index contributed by atoms with van der Waals surface area (Å²) >= 11 is 2.29. The number of benzene rings is 1. The highest BCUT2D eigenvalue weighted by Crippen LogP contribution is 2.21. The highest BCUT2D eigenvalue weighted by atomic mass is 127. The number of rotatable bonds is 5. The Labute approximate surface area is 115 Å². The molecule has 0 aliphatic rings. The average molecular weight is 342 g/mol. The van der Waals surface area contributed by atoms with Gasteiger partial charge >= 0.3 is 0 Å². The summed E-state index contributed by atoms with van der Waals surface area (Å²) in [6.45, 7) is 0.987. The first-order chi connectivity index (χ1) is 8.29. The Hall–Kier alpha value is -0.880. The molecule has 17 heavy (non-hydrogen) atoms. The Kier molecular flexibility index (Phi) is 4.56. The molecule has 0 saturated heterocycles. The van der Waals surface area contributed by atoms with E-state index in [1.807, 2.05) is 7.05 Å². The monoisotopic (exact) mass is 342 g/mol. The normalized spacial score (nSPS) is 10.7. The van der Waals surface area contributed by atoms with Gasteiger partial charge in [0.25, 0.3) is 0 Å². The maximum absolute atomic E-state index is 5.71. The van der Waals surface area contributed by atoms with Crippen LogP contribution in [0.2, 0.25) is 0 Å². The first-order valence-corrected chi connectivity index (χ1v) is 6.72. The summed E-state index contributed by atoms with van der Waals surface area (Å²) in [4.78, 5) is 4.29. The van der Waals surface area contributed by atoms with Crippen molar-refractivity contribution >= 4 is 22.6 Å². The van der Waals surface area contributed by atoms with Crippen LogP contribution >= 0.6 is 22.6 Å². The average Bonchev–Trinajstić information content (AvgIpc) is 2.79. The maximum atomic E-state index is 5.71. The van der Waals surface area contributed by atoms with Crippen LogP contribution < -0.4 is 5.32 Å². The van der Waals surface area contributed by atoms with Gasteiger partial charge in [-0.15, -0.1) is 0 Å². The molecule has 1 aromatic carbocycles. The molecule has 0 aliphatic heterocycles. The standard InChI is InChI=1S/C13H15IN2O/c1-15-8-2-3-13-16-9-12(17-13)10-4-6-11(14)7-5-10/h4-7,9,15H,2-3,8H2,1H3. The van der Waals surface area contributed by atoms with Crippen molar-refractivity contribution in [2.24, 2.45) is 0 Å². The number of hydrogen-bond donors (Lipinski definition) is 1. The summed E-state index contributed by atoms with van der Waals surface area (Å²) in [6.07, 6.45) is 3.73. The topological polar surface area (TPSA) is 38.1 Å². The van der Waals surface area contributed by atoms with E-state index in [9.17, 15) is 0 Å². The van der Waals surface area contributed by atoms with Crippen LogP contribution in [0.15, 0.2) is 34.9 Å². The Morgan fingerprint density at radius 1 is 1.29 bits per heavy atom. The molecule has 0 bridgehead atoms. The molecule has 0 spiro atoms. The summed E-state index contributed by atoms with van der Waals surface area (Å²) in [5, 5.41) is 3.11. The Balaban J connectivity index is 2.04. The van der Waals surface area contributed by atoms with Crippen LogP contribution in [0.3, 0.4) is 0 Å². The van der Waals surface area contributed by atoms with E-state index in [0.29, 0.717) is 0 Å². The molecule has 0 fully saturated rings. The van der Waals surface area contributed by atoms with Crippen molar-refractivity contribution < 1.29 is 4.42 Å². The van der Waals surface area contributed by atoms with E-state index in [4.69, 9.17) is 4.42 Å². The second kappa shape index (κ2) is 6.16. The smallest absolute Gasteiger partial charge is 0.194 e. The molecule has 1 aromatic heterocycles. The molecule has 1 N–H and O–H groups in total. The zero-order valence-corrected chi connectivity index (χ0v) is 11.9. The molecule has 2 rings (SSSR count). The second-order valence-corrected chi connectivity index (χ2v) is 5.08. The minimum absolute atomic E-state index is 0.814. The van der Waals surface area contributed by atoms with Crippen LogP contribution in [0.5, 0.6) is 0 Å². The van der Waals surface area contributed by atoms with E-state index in [1.165, 1.54) is 3.57 Å². The number of nitrogens with one attached hydrogen (secondary N) is 1. The van der Waals surface area contributed by atoms with E-state index in [0.717, 1.165) is 36.6 Å². The van der Waals surface area contributed by atoms with Gasteiger partial charge in [-0.25, -0.2) is 4.98 Å². The minimum atomic E-state index is 0.814. The Morgan fingerprint density at radius 2 is 2.06 bits per heavy atom. The summed E-state index contributed by atoms with van der Waals surface area (Å²) in [5.74, 6) is 1.66. The Bertz CT molecular complexity index is 465. The number of hydrogen-bond acceptors (Lipinski definition) is 3. The van der Waals surface area contributed by atoms with Crippen LogP contribution in [-0.2, 0) is 6.42 Å². The first kappa shape index (κ1) is 12.6. The lowest BCUT2D eigenvalue weighted by Gasteiger charge is -1.97. The lowest BCUT2D eigenvalue weighted by atomic mass is 10.2. The van der Waals surface area contributed by atoms with Gasteiger partial charge in [0, 0.05) is 15.6 Å². The van der Waals surface area contributed by atoms with E-state index < -0.39 is 0 Å². The van der Waals surface area contributed by atoms with Crippen LogP contribution in [0.25, 0.3) is 11.3 Å². The van der Waals surface area contributed by atoms with E-state index in [-0.39, 0.29) is 0 Å². The quantitative estimate of drug-likeness (QED) is 0.670. The highest BCUT2D eigenvalue weighted by Gasteiger charge is 2.05. The van der Waals surface area contributed by atoms with Gasteiger partial charge in [-0.3, -0.25) is 0 Å².